The highest BCUT2D eigenvalue weighted by Gasteiger charge is 2.31. The predicted molar refractivity (Wildman–Crippen MR) is 130 cm³/mol. The number of hydrogen-bond acceptors (Lipinski definition) is 6. The zero-order valence-corrected chi connectivity index (χ0v) is 21.2. The zero-order valence-electron chi connectivity index (χ0n) is 18.9. The Labute approximate surface area is 208 Å². The number of benzene rings is 2. The van der Waals surface area contributed by atoms with Crippen LogP contribution < -0.4 is 19.1 Å². The van der Waals surface area contributed by atoms with Gasteiger partial charge in [-0.2, -0.15) is 0 Å². The van der Waals surface area contributed by atoms with Gasteiger partial charge in [-0.1, -0.05) is 29.3 Å². The summed E-state index contributed by atoms with van der Waals surface area (Å²) in [7, 11) is -2.43. The van der Waals surface area contributed by atoms with E-state index in [1.165, 1.54) is 31.0 Å². The lowest BCUT2D eigenvalue weighted by Gasteiger charge is -2.32. The summed E-state index contributed by atoms with van der Waals surface area (Å²) in [6.07, 6.45) is 0.995. The van der Waals surface area contributed by atoms with Gasteiger partial charge >= 0.3 is 0 Å². The predicted octanol–water partition coefficient (Wildman–Crippen LogP) is 2.69. The van der Waals surface area contributed by atoms with Gasteiger partial charge in [0.25, 0.3) is 0 Å². The number of sulfonamides is 1. The highest BCUT2D eigenvalue weighted by Crippen LogP contribution is 2.35. The molecule has 2 amide bonds. The molecule has 1 aliphatic heterocycles. The molecular weight excluding hydrogens is 505 g/mol. The van der Waals surface area contributed by atoms with Crippen molar-refractivity contribution in [3.63, 3.8) is 0 Å². The van der Waals surface area contributed by atoms with Crippen LogP contribution in [0.15, 0.2) is 36.4 Å². The van der Waals surface area contributed by atoms with Gasteiger partial charge in [-0.3, -0.25) is 13.9 Å². The Morgan fingerprint density at radius 1 is 1.09 bits per heavy atom. The van der Waals surface area contributed by atoms with E-state index in [0.29, 0.717) is 40.3 Å². The van der Waals surface area contributed by atoms with Crippen molar-refractivity contribution in [1.29, 1.82) is 0 Å². The van der Waals surface area contributed by atoms with Crippen LogP contribution in [0, 0.1) is 0 Å². The van der Waals surface area contributed by atoms with Gasteiger partial charge in [-0.25, -0.2) is 8.42 Å². The van der Waals surface area contributed by atoms with Crippen molar-refractivity contribution >= 4 is 50.7 Å². The summed E-state index contributed by atoms with van der Waals surface area (Å²) in [5.74, 6) is -0.185. The number of fused-ring (bicyclic) bond motifs is 1. The molecule has 1 N–H and O–H groups in total. The fourth-order valence-electron chi connectivity index (χ4n) is 3.45. The number of anilines is 1. The van der Waals surface area contributed by atoms with Gasteiger partial charge in [0, 0.05) is 35.3 Å². The molecule has 0 saturated carbocycles. The van der Waals surface area contributed by atoms with Gasteiger partial charge in [-0.05, 0) is 31.2 Å². The molecule has 12 heteroatoms. The summed E-state index contributed by atoms with van der Waals surface area (Å²) < 4.78 is 37.3. The monoisotopic (exact) mass is 529 g/mol. The first-order valence-corrected chi connectivity index (χ1v) is 12.9. The Balaban J connectivity index is 1.96. The van der Waals surface area contributed by atoms with Crippen LogP contribution in [0.1, 0.15) is 12.5 Å². The Kier molecular flexibility index (Phi) is 8.17. The topological polar surface area (TPSA) is 105 Å². The fourth-order valence-corrected chi connectivity index (χ4v) is 4.80. The minimum absolute atomic E-state index is 0.0926. The summed E-state index contributed by atoms with van der Waals surface area (Å²) in [5.41, 5.74) is 0.670. The van der Waals surface area contributed by atoms with Gasteiger partial charge in [0.15, 0.2) is 11.5 Å². The van der Waals surface area contributed by atoms with Crippen LogP contribution in [0.25, 0.3) is 0 Å². The summed E-state index contributed by atoms with van der Waals surface area (Å²) in [6.45, 7) is 1.60. The second-order valence-corrected chi connectivity index (χ2v) is 10.3. The molecule has 3 rings (SSSR count). The van der Waals surface area contributed by atoms with E-state index in [9.17, 15) is 18.0 Å². The molecular formula is C22H25Cl2N3O6S. The average molecular weight is 530 g/mol. The first kappa shape index (κ1) is 25.9. The van der Waals surface area contributed by atoms with E-state index in [1.54, 1.807) is 24.3 Å². The third-order valence-electron chi connectivity index (χ3n) is 5.30. The van der Waals surface area contributed by atoms with Crippen LogP contribution in [-0.2, 0) is 26.2 Å². The highest BCUT2D eigenvalue weighted by atomic mass is 35.5. The lowest BCUT2D eigenvalue weighted by Crippen LogP contribution is -2.50. The molecule has 9 nitrogen and oxygen atoms in total. The molecule has 0 fully saturated rings. The summed E-state index contributed by atoms with van der Waals surface area (Å²) in [6, 6.07) is 8.59. The van der Waals surface area contributed by atoms with Gasteiger partial charge in [0.2, 0.25) is 21.8 Å². The maximum absolute atomic E-state index is 13.4. The van der Waals surface area contributed by atoms with Crippen LogP contribution in [0.3, 0.4) is 0 Å². The molecule has 1 heterocycles. The summed E-state index contributed by atoms with van der Waals surface area (Å²) in [4.78, 5) is 27.1. The van der Waals surface area contributed by atoms with Crippen molar-refractivity contribution in [2.24, 2.45) is 0 Å². The molecule has 0 aromatic heterocycles. The number of likely N-dealkylation sites (N-methyl/N-ethyl adjacent to an activating group) is 1. The first-order chi connectivity index (χ1) is 16.0. The number of ether oxygens (including phenoxy) is 2. The molecule has 34 heavy (non-hydrogen) atoms. The molecule has 1 aliphatic rings. The van der Waals surface area contributed by atoms with Crippen LogP contribution >= 0.6 is 23.2 Å². The van der Waals surface area contributed by atoms with Gasteiger partial charge < -0.3 is 19.7 Å². The van der Waals surface area contributed by atoms with E-state index in [0.717, 1.165) is 10.6 Å². The van der Waals surface area contributed by atoms with Crippen molar-refractivity contribution in [1.82, 2.24) is 10.2 Å². The van der Waals surface area contributed by atoms with E-state index in [1.807, 2.05) is 0 Å². The number of amides is 2. The average Bonchev–Trinajstić information content (AvgIpc) is 2.80. The summed E-state index contributed by atoms with van der Waals surface area (Å²) >= 11 is 12.6. The maximum Gasteiger partial charge on any atom is 0.244 e. The Bertz CT molecular complexity index is 1170. The van der Waals surface area contributed by atoms with Crippen molar-refractivity contribution in [3.05, 3.63) is 52.0 Å². The van der Waals surface area contributed by atoms with Gasteiger partial charge in [-0.15, -0.1) is 0 Å². The number of halogens is 2. The molecule has 184 valence electrons. The molecule has 0 unspecified atom stereocenters. The van der Waals surface area contributed by atoms with Crippen molar-refractivity contribution in [3.8, 4) is 11.5 Å². The Morgan fingerprint density at radius 2 is 1.71 bits per heavy atom. The maximum atomic E-state index is 13.4. The quantitative estimate of drug-likeness (QED) is 0.563. The van der Waals surface area contributed by atoms with Crippen molar-refractivity contribution in [2.75, 3.05) is 37.4 Å². The van der Waals surface area contributed by atoms with Crippen molar-refractivity contribution in [2.45, 2.75) is 19.5 Å². The minimum atomic E-state index is -3.88. The van der Waals surface area contributed by atoms with Crippen molar-refractivity contribution < 1.29 is 27.5 Å². The molecule has 0 radical (unpaired) electrons. The molecule has 0 saturated heterocycles. The second-order valence-electron chi connectivity index (χ2n) is 7.61. The van der Waals surface area contributed by atoms with E-state index < -0.39 is 34.4 Å². The van der Waals surface area contributed by atoms with Crippen LogP contribution in [0.5, 0.6) is 11.5 Å². The lowest BCUT2D eigenvalue weighted by molar-refractivity contribution is -0.139. The summed E-state index contributed by atoms with van der Waals surface area (Å²) in [5, 5.41) is 3.14. The Morgan fingerprint density at radius 3 is 2.29 bits per heavy atom. The molecule has 0 spiro atoms. The number of nitrogens with one attached hydrogen (secondary N) is 1. The first-order valence-electron chi connectivity index (χ1n) is 10.3. The second kappa shape index (κ2) is 10.7. The molecule has 2 aromatic carbocycles. The molecule has 1 atom stereocenters. The van der Waals surface area contributed by atoms with E-state index in [2.05, 4.69) is 5.32 Å². The van der Waals surface area contributed by atoms with E-state index in [4.69, 9.17) is 32.7 Å². The number of carbonyl (C=O) groups is 2. The minimum Gasteiger partial charge on any atom is -0.486 e. The zero-order chi connectivity index (χ0) is 25.0. The number of rotatable bonds is 8. The van der Waals surface area contributed by atoms with Crippen LogP contribution in [-0.4, -0.2) is 64.2 Å². The number of hydrogen-bond donors (Lipinski definition) is 1. The fraction of sp³-hybridized carbons (Fsp3) is 0.364. The normalized spacial score (nSPS) is 13.7. The number of nitrogens with zero attached hydrogens (tertiary/aromatic N) is 2. The number of carbonyl (C=O) groups excluding carboxylic acids is 2. The van der Waals surface area contributed by atoms with Crippen LogP contribution in [0.2, 0.25) is 10.0 Å². The standard InChI is InChI=1S/C22H25Cl2N3O6S/c1-14(22(29)25-2)26(12-16-17(23)5-4-6-18(16)24)21(28)13-27(34(3,30)31)15-7-8-19-20(11-15)33-10-9-32-19/h4-8,11,14H,9-10,12-13H2,1-3H3,(H,25,29)/t14-/m1/s1. The molecule has 2 aromatic rings. The highest BCUT2D eigenvalue weighted by molar-refractivity contribution is 7.92. The largest absolute Gasteiger partial charge is 0.486 e. The third-order valence-corrected chi connectivity index (χ3v) is 7.15. The third kappa shape index (κ3) is 5.86. The smallest absolute Gasteiger partial charge is 0.244 e. The van der Waals surface area contributed by atoms with Gasteiger partial charge in [0.05, 0.1) is 11.9 Å². The SMILES string of the molecule is CNC(=O)[C@@H](C)N(Cc1c(Cl)cccc1Cl)C(=O)CN(c1ccc2c(c1)OCCO2)S(C)(=O)=O. The van der Waals surface area contributed by atoms with E-state index in [-0.39, 0.29) is 12.2 Å². The molecule has 0 aliphatic carbocycles. The van der Waals surface area contributed by atoms with Crippen LogP contribution in [0.4, 0.5) is 5.69 Å². The molecule has 0 bridgehead atoms. The Hall–Kier alpha value is -2.69. The lowest BCUT2D eigenvalue weighted by atomic mass is 10.1. The van der Waals surface area contributed by atoms with E-state index >= 15 is 0 Å². The van der Waals surface area contributed by atoms with Gasteiger partial charge in [0.1, 0.15) is 25.8 Å².